The van der Waals surface area contributed by atoms with Gasteiger partial charge >= 0.3 is 0 Å². The van der Waals surface area contributed by atoms with E-state index in [9.17, 15) is 14.0 Å². The number of aromatic amines is 1. The number of H-pyrrole nitrogens is 1. The molecule has 152 valence electrons. The van der Waals surface area contributed by atoms with Gasteiger partial charge in [-0.05, 0) is 41.7 Å². The van der Waals surface area contributed by atoms with Crippen LogP contribution in [0.2, 0.25) is 0 Å². The number of rotatable bonds is 2. The fourth-order valence-electron chi connectivity index (χ4n) is 4.64. The van der Waals surface area contributed by atoms with Crippen LogP contribution in [0, 0.1) is 11.2 Å². The third-order valence-electron chi connectivity index (χ3n) is 5.92. The molecule has 1 aliphatic heterocycles. The molecular weight excluding hydrogens is 381 g/mol. The Morgan fingerprint density at radius 2 is 1.70 bits per heavy atom. The van der Waals surface area contributed by atoms with E-state index in [1.807, 2.05) is 30.3 Å². The monoisotopic (exact) mass is 403 g/mol. The summed E-state index contributed by atoms with van der Waals surface area (Å²) in [6.07, 6.45) is 1.11. The van der Waals surface area contributed by atoms with Crippen molar-refractivity contribution in [3.05, 3.63) is 93.2 Å². The van der Waals surface area contributed by atoms with Crippen LogP contribution in [-0.2, 0) is 4.79 Å². The van der Waals surface area contributed by atoms with Crippen molar-refractivity contribution in [1.29, 1.82) is 0 Å². The fourth-order valence-corrected chi connectivity index (χ4v) is 4.64. The van der Waals surface area contributed by atoms with Gasteiger partial charge in [0.2, 0.25) is 0 Å². The average Bonchev–Trinajstić information content (AvgIpc) is 3.03. The highest BCUT2D eigenvalue weighted by molar-refractivity contribution is 6.01. The van der Waals surface area contributed by atoms with Crippen molar-refractivity contribution in [1.82, 2.24) is 9.78 Å². The Hall–Kier alpha value is -3.41. The van der Waals surface area contributed by atoms with Gasteiger partial charge in [-0.2, -0.15) is 0 Å². The lowest BCUT2D eigenvalue weighted by atomic mass is 9.69. The van der Waals surface area contributed by atoms with Gasteiger partial charge in [0.15, 0.2) is 5.78 Å². The first kappa shape index (κ1) is 18.6. The van der Waals surface area contributed by atoms with Crippen LogP contribution in [0.1, 0.15) is 43.7 Å². The minimum atomic E-state index is -0.533. The second kappa shape index (κ2) is 6.55. The van der Waals surface area contributed by atoms with Crippen LogP contribution < -0.4 is 10.9 Å². The van der Waals surface area contributed by atoms with Gasteiger partial charge in [-0.1, -0.05) is 44.2 Å². The van der Waals surface area contributed by atoms with Gasteiger partial charge in [-0.25, -0.2) is 9.07 Å². The summed E-state index contributed by atoms with van der Waals surface area (Å²) in [5.41, 5.74) is 2.98. The van der Waals surface area contributed by atoms with E-state index >= 15 is 0 Å². The lowest BCUT2D eigenvalue weighted by molar-refractivity contribution is -0.118. The summed E-state index contributed by atoms with van der Waals surface area (Å²) in [7, 11) is 0. The minimum absolute atomic E-state index is 0.0283. The molecule has 1 aliphatic carbocycles. The molecule has 0 saturated heterocycles. The molecule has 2 heterocycles. The third kappa shape index (κ3) is 2.91. The number of fused-ring (bicyclic) bond motifs is 1. The molecule has 2 N–H and O–H groups in total. The number of carbonyl (C=O) groups is 1. The number of hydrogen-bond donors (Lipinski definition) is 2. The van der Waals surface area contributed by atoms with Crippen molar-refractivity contribution in [2.45, 2.75) is 32.6 Å². The van der Waals surface area contributed by atoms with Crippen molar-refractivity contribution in [2.24, 2.45) is 5.41 Å². The molecule has 0 amide bonds. The first-order valence-electron chi connectivity index (χ1n) is 10.0. The predicted molar refractivity (Wildman–Crippen MR) is 113 cm³/mol. The van der Waals surface area contributed by atoms with Gasteiger partial charge in [-0.3, -0.25) is 14.7 Å². The number of benzene rings is 2. The molecule has 5 nitrogen and oxygen atoms in total. The third-order valence-corrected chi connectivity index (χ3v) is 5.92. The van der Waals surface area contributed by atoms with Crippen LogP contribution in [0.4, 0.5) is 10.2 Å². The highest BCUT2D eigenvalue weighted by Crippen LogP contribution is 2.47. The van der Waals surface area contributed by atoms with Crippen molar-refractivity contribution in [2.75, 3.05) is 5.32 Å². The van der Waals surface area contributed by atoms with Gasteiger partial charge < -0.3 is 5.32 Å². The lowest BCUT2D eigenvalue weighted by Gasteiger charge is -2.37. The maximum Gasteiger partial charge on any atom is 0.277 e. The normalized spacial score (nSPS) is 19.8. The van der Waals surface area contributed by atoms with E-state index in [1.54, 1.807) is 12.1 Å². The SMILES string of the molecule is CC1(C)CC(=O)C2=C(C1)Nc1[nH]n(-c3ccccc3)c(=O)c1[C@H]2c1ccc(F)cc1. The van der Waals surface area contributed by atoms with Crippen LogP contribution >= 0.6 is 0 Å². The van der Waals surface area contributed by atoms with E-state index in [-0.39, 0.29) is 22.6 Å². The van der Waals surface area contributed by atoms with Gasteiger partial charge in [0.05, 0.1) is 11.3 Å². The summed E-state index contributed by atoms with van der Waals surface area (Å²) in [6.45, 7) is 4.13. The van der Waals surface area contributed by atoms with E-state index in [0.29, 0.717) is 35.5 Å². The zero-order chi connectivity index (χ0) is 21.0. The largest absolute Gasteiger partial charge is 0.343 e. The first-order valence-corrected chi connectivity index (χ1v) is 10.0. The maximum absolute atomic E-state index is 13.6. The van der Waals surface area contributed by atoms with Crippen LogP contribution in [-0.4, -0.2) is 15.6 Å². The number of para-hydroxylation sites is 1. The second-order valence-corrected chi connectivity index (χ2v) is 8.82. The molecule has 3 aromatic rings. The van der Waals surface area contributed by atoms with Crippen LogP contribution in [0.3, 0.4) is 0 Å². The van der Waals surface area contributed by atoms with E-state index in [2.05, 4.69) is 24.3 Å². The summed E-state index contributed by atoms with van der Waals surface area (Å²) in [5, 5.41) is 6.51. The maximum atomic E-state index is 13.6. The lowest BCUT2D eigenvalue weighted by Crippen LogP contribution is -2.35. The quantitative estimate of drug-likeness (QED) is 0.662. The highest BCUT2D eigenvalue weighted by Gasteiger charge is 2.42. The number of hydrogen-bond acceptors (Lipinski definition) is 3. The average molecular weight is 403 g/mol. The summed E-state index contributed by atoms with van der Waals surface area (Å²) in [5.74, 6) is -0.272. The summed E-state index contributed by atoms with van der Waals surface area (Å²) in [6, 6.07) is 15.4. The van der Waals surface area contributed by atoms with E-state index in [0.717, 1.165) is 11.3 Å². The van der Waals surface area contributed by atoms with E-state index < -0.39 is 5.92 Å². The van der Waals surface area contributed by atoms with E-state index in [1.165, 1.54) is 16.8 Å². The van der Waals surface area contributed by atoms with Crippen molar-refractivity contribution in [3.63, 3.8) is 0 Å². The molecular formula is C24H22FN3O2. The Morgan fingerprint density at radius 1 is 1.00 bits per heavy atom. The molecule has 0 saturated carbocycles. The first-order chi connectivity index (χ1) is 14.3. The van der Waals surface area contributed by atoms with Crippen molar-refractivity contribution >= 4 is 11.6 Å². The van der Waals surface area contributed by atoms with Crippen LogP contribution in [0.15, 0.2) is 70.7 Å². The molecule has 0 fully saturated rings. The molecule has 0 unspecified atom stereocenters. The summed E-state index contributed by atoms with van der Waals surface area (Å²) >= 11 is 0. The van der Waals surface area contributed by atoms with Crippen LogP contribution in [0.25, 0.3) is 5.69 Å². The molecule has 1 atom stereocenters. The molecule has 5 rings (SSSR count). The van der Waals surface area contributed by atoms with Crippen molar-refractivity contribution in [3.8, 4) is 5.69 Å². The molecule has 30 heavy (non-hydrogen) atoms. The number of nitrogens with one attached hydrogen (secondary N) is 2. The van der Waals surface area contributed by atoms with E-state index in [4.69, 9.17) is 0 Å². The van der Waals surface area contributed by atoms with Crippen molar-refractivity contribution < 1.29 is 9.18 Å². The molecule has 0 bridgehead atoms. The number of halogens is 1. The Labute approximate surface area is 173 Å². The number of allylic oxidation sites excluding steroid dienone is 2. The summed E-state index contributed by atoms with van der Waals surface area (Å²) in [4.78, 5) is 26.7. The Kier molecular flexibility index (Phi) is 4.07. The van der Waals surface area contributed by atoms with Gasteiger partial charge in [0.1, 0.15) is 11.6 Å². The topological polar surface area (TPSA) is 66.9 Å². The molecule has 2 aromatic carbocycles. The highest BCUT2D eigenvalue weighted by atomic mass is 19.1. The number of Topliss-reactive ketones (excluding diaryl/α,β-unsaturated/α-hetero) is 1. The molecule has 2 aliphatic rings. The number of nitrogens with zero attached hydrogens (tertiary/aromatic N) is 1. The smallest absolute Gasteiger partial charge is 0.277 e. The van der Waals surface area contributed by atoms with Crippen LogP contribution in [0.5, 0.6) is 0 Å². The molecule has 0 radical (unpaired) electrons. The number of carbonyl (C=O) groups excluding carboxylic acids is 1. The molecule has 0 spiro atoms. The minimum Gasteiger partial charge on any atom is -0.343 e. The Balaban J connectivity index is 1.74. The second-order valence-electron chi connectivity index (χ2n) is 8.82. The fraction of sp³-hybridized carbons (Fsp3) is 0.250. The number of ketones is 1. The standard InChI is InChI=1S/C24H22FN3O2/c1-24(2)12-17-20(18(29)13-24)19(14-8-10-15(25)11-9-14)21-22(26-17)27-28(23(21)30)16-6-4-3-5-7-16/h3-11,19,26-27H,12-13H2,1-2H3/t19-/m0/s1. The summed E-state index contributed by atoms with van der Waals surface area (Å²) < 4.78 is 15.1. The molecule has 1 aromatic heterocycles. The van der Waals surface area contributed by atoms with Gasteiger partial charge in [0, 0.05) is 23.6 Å². The zero-order valence-corrected chi connectivity index (χ0v) is 16.8. The zero-order valence-electron chi connectivity index (χ0n) is 16.8. The predicted octanol–water partition coefficient (Wildman–Crippen LogP) is 4.51. The number of aromatic nitrogens is 2. The molecule has 6 heteroatoms. The Morgan fingerprint density at radius 3 is 2.40 bits per heavy atom. The Bertz CT molecular complexity index is 1230. The number of anilines is 1. The van der Waals surface area contributed by atoms with Gasteiger partial charge in [-0.15, -0.1) is 0 Å². The van der Waals surface area contributed by atoms with Gasteiger partial charge in [0.25, 0.3) is 5.56 Å².